The van der Waals surface area contributed by atoms with Crippen molar-refractivity contribution in [1.82, 2.24) is 20.0 Å². The maximum Gasteiger partial charge on any atom is 0.123 e. The van der Waals surface area contributed by atoms with E-state index < -0.39 is 11.8 Å². The third-order valence-corrected chi connectivity index (χ3v) is 6.10. The molecule has 0 unspecified atom stereocenters. The Morgan fingerprint density at radius 2 is 1.89 bits per heavy atom. The van der Waals surface area contributed by atoms with Crippen molar-refractivity contribution in [2.45, 2.75) is 45.7 Å². The zero-order valence-corrected chi connectivity index (χ0v) is 20.9. The van der Waals surface area contributed by atoms with E-state index in [0.717, 1.165) is 12.8 Å². The highest BCUT2D eigenvalue weighted by atomic mass is 19.1. The number of rotatable bonds is 7. The summed E-state index contributed by atoms with van der Waals surface area (Å²) in [6.45, 7) is 6.82. The maximum atomic E-state index is 13.8. The highest BCUT2D eigenvalue weighted by Crippen LogP contribution is 2.36. The van der Waals surface area contributed by atoms with Gasteiger partial charge in [-0.3, -0.25) is 4.98 Å². The summed E-state index contributed by atoms with van der Waals surface area (Å²) in [7, 11) is 0. The molecule has 0 bridgehead atoms. The Bertz CT molecular complexity index is 1590. The number of fused-ring (bicyclic) bond motifs is 1. The van der Waals surface area contributed by atoms with Gasteiger partial charge in [-0.25, -0.2) is 9.07 Å². The van der Waals surface area contributed by atoms with E-state index in [9.17, 15) is 16.3 Å². The van der Waals surface area contributed by atoms with E-state index in [-0.39, 0.29) is 17.0 Å². The number of nitrogens with one attached hydrogen (secondary N) is 2. The minimum atomic E-state index is -1.64. The van der Waals surface area contributed by atoms with Crippen LogP contribution in [0.25, 0.3) is 10.9 Å². The molecule has 0 amide bonds. The molecule has 1 aliphatic carbocycles. The molecule has 0 saturated heterocycles. The van der Waals surface area contributed by atoms with Crippen LogP contribution in [0.15, 0.2) is 48.8 Å². The lowest BCUT2D eigenvalue weighted by Crippen LogP contribution is -2.20. The van der Waals surface area contributed by atoms with E-state index >= 15 is 0 Å². The molecule has 4 aromatic rings. The first-order valence-electron chi connectivity index (χ1n) is 12.6. The van der Waals surface area contributed by atoms with Crippen molar-refractivity contribution in [2.24, 2.45) is 5.41 Å². The summed E-state index contributed by atoms with van der Waals surface area (Å²) in [6, 6.07) is 12.0. The lowest BCUT2D eigenvalue weighted by atomic mass is 9.96. The summed E-state index contributed by atoms with van der Waals surface area (Å²) in [4.78, 5) is 4.39. The topological polar surface area (TPSA) is 115 Å². The molecule has 37 heavy (non-hydrogen) atoms. The Kier molecular flexibility index (Phi) is 5.90. The number of benzene rings is 2. The largest absolute Gasteiger partial charge is 0.383 e. The van der Waals surface area contributed by atoms with E-state index in [1.165, 1.54) is 30.5 Å². The van der Waals surface area contributed by atoms with Gasteiger partial charge in [-0.1, -0.05) is 38.1 Å². The molecule has 1 fully saturated rings. The van der Waals surface area contributed by atoms with Crippen LogP contribution < -0.4 is 10.6 Å². The minimum Gasteiger partial charge on any atom is -0.383 e. The van der Waals surface area contributed by atoms with Crippen LogP contribution in [0.5, 0.6) is 0 Å². The number of nitrogens with zero attached hydrogens (tertiary/aromatic N) is 6. The van der Waals surface area contributed by atoms with Crippen LogP contribution in [0.1, 0.15) is 69.4 Å². The summed E-state index contributed by atoms with van der Waals surface area (Å²) < 4.78 is 25.0. The van der Waals surface area contributed by atoms with Gasteiger partial charge in [0.25, 0.3) is 0 Å². The molecule has 1 aliphatic rings. The average molecular weight is 496 g/mol. The van der Waals surface area contributed by atoms with E-state index in [0.29, 0.717) is 45.6 Å². The van der Waals surface area contributed by atoms with Gasteiger partial charge in [-0.05, 0) is 48.1 Å². The monoisotopic (exact) mass is 495 g/mol. The molecule has 1 atom stereocenters. The van der Waals surface area contributed by atoms with Crippen LogP contribution in [0.3, 0.4) is 0 Å². The van der Waals surface area contributed by atoms with Gasteiger partial charge in [0.2, 0.25) is 0 Å². The summed E-state index contributed by atoms with van der Waals surface area (Å²) in [5.41, 5.74) is 2.84. The summed E-state index contributed by atoms with van der Waals surface area (Å²) in [5, 5.41) is 35.4. The third kappa shape index (κ3) is 5.22. The molecular weight excluding hydrogens is 467 g/mol. The van der Waals surface area contributed by atoms with Crippen molar-refractivity contribution >= 4 is 22.3 Å². The lowest BCUT2D eigenvalue weighted by Gasteiger charge is -2.22. The SMILES string of the molecule is [2H][C@](Nc1cc(C#N)c2ncc(C#N)c(NCC(C)(C)C)c2c1)(c1ccc(F)cc1)c1cn(C2CC2)nn1. The van der Waals surface area contributed by atoms with Gasteiger partial charge in [0.1, 0.15) is 23.6 Å². The number of anilines is 2. The molecule has 1 saturated carbocycles. The lowest BCUT2D eigenvalue weighted by molar-refractivity contribution is 0.443. The Labute approximate surface area is 216 Å². The van der Waals surface area contributed by atoms with Crippen molar-refractivity contribution < 1.29 is 5.76 Å². The molecule has 5 rings (SSSR count). The van der Waals surface area contributed by atoms with Gasteiger partial charge in [0.05, 0.1) is 42.0 Å². The van der Waals surface area contributed by atoms with Gasteiger partial charge < -0.3 is 10.6 Å². The number of halogens is 1. The Balaban J connectivity index is 1.65. The predicted octanol–water partition coefficient (Wildman–Crippen LogP) is 5.70. The summed E-state index contributed by atoms with van der Waals surface area (Å²) in [5.74, 6) is -0.417. The molecule has 8 nitrogen and oxygen atoms in total. The number of nitriles is 2. The molecule has 9 heteroatoms. The molecule has 2 N–H and O–H groups in total. The fraction of sp³-hybridized carbons (Fsp3) is 0.321. The zero-order chi connectivity index (χ0) is 27.1. The number of hydrogen-bond donors (Lipinski definition) is 2. The predicted molar refractivity (Wildman–Crippen MR) is 139 cm³/mol. The third-order valence-electron chi connectivity index (χ3n) is 6.10. The molecule has 2 heterocycles. The first-order chi connectivity index (χ1) is 18.1. The van der Waals surface area contributed by atoms with E-state index in [4.69, 9.17) is 0 Å². The van der Waals surface area contributed by atoms with Crippen LogP contribution in [0.2, 0.25) is 0 Å². The first kappa shape index (κ1) is 22.9. The molecular formula is C28H27FN8. The summed E-state index contributed by atoms with van der Waals surface area (Å²) >= 11 is 0. The molecule has 2 aromatic carbocycles. The van der Waals surface area contributed by atoms with Crippen LogP contribution >= 0.6 is 0 Å². The molecule has 186 valence electrons. The van der Waals surface area contributed by atoms with E-state index in [1.54, 1.807) is 23.0 Å². The second-order valence-electron chi connectivity index (χ2n) is 10.4. The Hall–Kier alpha value is -4.50. The smallest absolute Gasteiger partial charge is 0.123 e. The number of hydrogen-bond acceptors (Lipinski definition) is 7. The Morgan fingerprint density at radius 1 is 1.16 bits per heavy atom. The van der Waals surface area contributed by atoms with Gasteiger partial charge in [-0.2, -0.15) is 10.5 Å². The number of aromatic nitrogens is 4. The molecule has 0 radical (unpaired) electrons. The standard InChI is InChI=1S/C28H27FN8/c1-28(2,3)16-33-26-19(13-31)14-32-25-18(12-30)10-21(11-23(25)26)34-27(17-4-6-20(29)7-5-17)24-15-37(36-35-24)22-8-9-22/h4-7,10-11,14-15,22,27,34H,8-9,16H2,1-3H3,(H,32,33)/t27-/m0/s1/i27D. The second-order valence-corrected chi connectivity index (χ2v) is 10.4. The highest BCUT2D eigenvalue weighted by Gasteiger charge is 2.27. The van der Waals surface area contributed by atoms with Crippen molar-refractivity contribution in [2.75, 3.05) is 17.2 Å². The van der Waals surface area contributed by atoms with Gasteiger partial charge in [-0.15, -0.1) is 5.10 Å². The summed E-state index contributed by atoms with van der Waals surface area (Å²) in [6.07, 6.45) is 5.21. The Morgan fingerprint density at radius 3 is 2.54 bits per heavy atom. The van der Waals surface area contributed by atoms with Crippen LogP contribution in [-0.4, -0.2) is 26.5 Å². The first-order valence-corrected chi connectivity index (χ1v) is 12.1. The van der Waals surface area contributed by atoms with Crippen molar-refractivity contribution in [3.05, 3.63) is 77.0 Å². The second kappa shape index (κ2) is 9.51. The zero-order valence-electron chi connectivity index (χ0n) is 21.9. The quantitative estimate of drug-likeness (QED) is 0.338. The number of pyridine rings is 1. The van der Waals surface area contributed by atoms with Crippen molar-refractivity contribution in [1.29, 1.82) is 10.5 Å². The van der Waals surface area contributed by atoms with E-state index in [1.807, 2.05) is 0 Å². The fourth-order valence-electron chi connectivity index (χ4n) is 4.04. The van der Waals surface area contributed by atoms with Crippen LogP contribution in [-0.2, 0) is 0 Å². The molecule has 0 spiro atoms. The van der Waals surface area contributed by atoms with Crippen molar-refractivity contribution in [3.63, 3.8) is 0 Å². The van der Waals surface area contributed by atoms with Crippen molar-refractivity contribution in [3.8, 4) is 12.1 Å². The maximum absolute atomic E-state index is 13.8. The van der Waals surface area contributed by atoms with Gasteiger partial charge in [0, 0.05) is 23.8 Å². The van der Waals surface area contributed by atoms with Gasteiger partial charge in [0.15, 0.2) is 0 Å². The van der Waals surface area contributed by atoms with Crippen LogP contribution in [0, 0.1) is 33.9 Å². The minimum absolute atomic E-state index is 0.0669. The van der Waals surface area contributed by atoms with E-state index in [2.05, 4.69) is 58.8 Å². The normalized spacial score (nSPS) is 15.4. The fourth-order valence-corrected chi connectivity index (χ4v) is 4.04. The highest BCUT2D eigenvalue weighted by molar-refractivity contribution is 5.99. The van der Waals surface area contributed by atoms with Gasteiger partial charge >= 0.3 is 0 Å². The molecule has 2 aromatic heterocycles. The average Bonchev–Trinajstić information content (AvgIpc) is 3.62. The molecule has 0 aliphatic heterocycles. The van der Waals surface area contributed by atoms with Crippen LogP contribution in [0.4, 0.5) is 15.8 Å².